The van der Waals surface area contributed by atoms with Gasteiger partial charge < -0.3 is 10.5 Å². The lowest BCUT2D eigenvalue weighted by atomic mass is 10.3. The highest BCUT2D eigenvalue weighted by molar-refractivity contribution is 5.44. The van der Waals surface area contributed by atoms with Crippen molar-refractivity contribution in [3.63, 3.8) is 0 Å². The number of hydrogen-bond acceptors (Lipinski definition) is 2. The normalized spacial score (nSPS) is 9.73. The minimum absolute atomic E-state index is 0.142. The first-order valence-corrected chi connectivity index (χ1v) is 2.94. The molecule has 0 atom stereocenters. The molecule has 0 spiro atoms. The summed E-state index contributed by atoms with van der Waals surface area (Å²) in [5, 5.41) is 0. The maximum Gasteiger partial charge on any atom is 0.202 e. The van der Waals surface area contributed by atoms with E-state index in [1.54, 1.807) is 0 Å². The fourth-order valence-corrected chi connectivity index (χ4v) is 0.704. The molecule has 0 aliphatic rings. The van der Waals surface area contributed by atoms with Crippen molar-refractivity contribution in [1.29, 1.82) is 0 Å². The van der Waals surface area contributed by atoms with Crippen LogP contribution < -0.4 is 10.5 Å². The molecule has 2 N–H and O–H groups in total. The number of rotatable bonds is 1. The molecule has 60 valence electrons. The van der Waals surface area contributed by atoms with Gasteiger partial charge in [-0.1, -0.05) is 0 Å². The van der Waals surface area contributed by atoms with Crippen molar-refractivity contribution in [2.45, 2.75) is 0 Å². The van der Waals surface area contributed by atoms with E-state index in [1.165, 1.54) is 19.2 Å². The summed E-state index contributed by atoms with van der Waals surface area (Å²) in [4.78, 5) is 0. The highest BCUT2D eigenvalue weighted by atomic mass is 19.2. The molecule has 0 aliphatic carbocycles. The molecule has 0 radical (unpaired) electrons. The molecular formula is C7H7F2NO. The first-order chi connectivity index (χ1) is 5.16. The molecule has 1 aromatic carbocycles. The van der Waals surface area contributed by atoms with Gasteiger partial charge in [0.1, 0.15) is 0 Å². The van der Waals surface area contributed by atoms with Crippen LogP contribution in [0.3, 0.4) is 0 Å². The van der Waals surface area contributed by atoms with Gasteiger partial charge in [-0.25, -0.2) is 4.39 Å². The maximum atomic E-state index is 12.7. The van der Waals surface area contributed by atoms with Crippen LogP contribution in [0.15, 0.2) is 12.1 Å². The van der Waals surface area contributed by atoms with Crippen LogP contribution in [0.2, 0.25) is 0 Å². The molecule has 0 aromatic heterocycles. The molecule has 0 unspecified atom stereocenters. The topological polar surface area (TPSA) is 35.2 Å². The minimum Gasteiger partial charge on any atom is -0.494 e. The summed E-state index contributed by atoms with van der Waals surface area (Å²) < 4.78 is 29.8. The summed E-state index contributed by atoms with van der Waals surface area (Å²) >= 11 is 0. The van der Waals surface area contributed by atoms with Gasteiger partial charge in [-0.15, -0.1) is 0 Å². The number of nitrogen functional groups attached to an aromatic ring is 1. The zero-order valence-electron chi connectivity index (χ0n) is 5.90. The molecule has 11 heavy (non-hydrogen) atoms. The van der Waals surface area contributed by atoms with Gasteiger partial charge in [-0.3, -0.25) is 0 Å². The number of benzene rings is 1. The van der Waals surface area contributed by atoms with Crippen molar-refractivity contribution in [2.75, 3.05) is 12.8 Å². The Bertz CT molecular complexity index is 275. The van der Waals surface area contributed by atoms with E-state index in [0.29, 0.717) is 0 Å². The Balaban J connectivity index is 3.25. The lowest BCUT2D eigenvalue weighted by Gasteiger charge is -2.02. The lowest BCUT2D eigenvalue weighted by Crippen LogP contribution is -1.97. The van der Waals surface area contributed by atoms with Gasteiger partial charge in [0.15, 0.2) is 11.6 Å². The van der Waals surface area contributed by atoms with E-state index in [4.69, 9.17) is 5.73 Å². The second-order valence-corrected chi connectivity index (χ2v) is 1.99. The van der Waals surface area contributed by atoms with Crippen molar-refractivity contribution >= 4 is 5.69 Å². The average Bonchev–Trinajstić information content (AvgIpc) is 2.01. The molecular weight excluding hydrogens is 152 g/mol. The molecule has 0 fully saturated rings. The summed E-state index contributed by atoms with van der Waals surface area (Å²) in [6.07, 6.45) is 0. The zero-order chi connectivity index (χ0) is 8.43. The Labute approximate surface area is 62.6 Å². The van der Waals surface area contributed by atoms with E-state index in [2.05, 4.69) is 4.74 Å². The number of anilines is 1. The van der Waals surface area contributed by atoms with E-state index in [1.807, 2.05) is 0 Å². The van der Waals surface area contributed by atoms with Gasteiger partial charge in [0.2, 0.25) is 5.82 Å². The molecule has 0 heterocycles. The van der Waals surface area contributed by atoms with Crippen LogP contribution in [0.5, 0.6) is 5.75 Å². The summed E-state index contributed by atoms with van der Waals surface area (Å²) in [7, 11) is 1.26. The van der Waals surface area contributed by atoms with Crippen molar-refractivity contribution in [3.8, 4) is 5.75 Å². The second kappa shape index (κ2) is 2.74. The van der Waals surface area contributed by atoms with Crippen LogP contribution in [0.4, 0.5) is 14.5 Å². The smallest absolute Gasteiger partial charge is 0.202 e. The molecule has 0 bridgehead atoms. The number of ether oxygens (including phenoxy) is 1. The van der Waals surface area contributed by atoms with Crippen molar-refractivity contribution in [2.24, 2.45) is 0 Å². The van der Waals surface area contributed by atoms with Crippen LogP contribution in [0, 0.1) is 11.6 Å². The number of methoxy groups -OCH3 is 1. The van der Waals surface area contributed by atoms with Crippen LogP contribution >= 0.6 is 0 Å². The quantitative estimate of drug-likeness (QED) is 0.631. The van der Waals surface area contributed by atoms with Gasteiger partial charge in [-0.05, 0) is 12.1 Å². The Morgan fingerprint density at radius 3 is 2.45 bits per heavy atom. The largest absolute Gasteiger partial charge is 0.494 e. The van der Waals surface area contributed by atoms with Gasteiger partial charge in [0.25, 0.3) is 0 Å². The van der Waals surface area contributed by atoms with Gasteiger partial charge in [0.05, 0.1) is 12.8 Å². The van der Waals surface area contributed by atoms with Crippen LogP contribution in [-0.4, -0.2) is 7.11 Å². The summed E-state index contributed by atoms with van der Waals surface area (Å²) in [5.41, 5.74) is 4.85. The van der Waals surface area contributed by atoms with Crippen LogP contribution in [0.1, 0.15) is 0 Å². The van der Waals surface area contributed by atoms with Gasteiger partial charge >= 0.3 is 0 Å². The Hall–Kier alpha value is -1.32. The highest BCUT2D eigenvalue weighted by Gasteiger charge is 2.10. The predicted octanol–water partition coefficient (Wildman–Crippen LogP) is 1.56. The minimum atomic E-state index is -1.07. The summed E-state index contributed by atoms with van der Waals surface area (Å²) in [5.74, 6) is -2.26. The molecule has 0 saturated carbocycles. The van der Waals surface area contributed by atoms with Crippen LogP contribution in [-0.2, 0) is 0 Å². The van der Waals surface area contributed by atoms with E-state index in [0.717, 1.165) is 0 Å². The standard InChI is InChI=1S/C7H7F2NO/c1-11-5-3-2-4(10)6(8)7(5)9/h2-3H,10H2,1H3. The number of hydrogen-bond donors (Lipinski definition) is 1. The highest BCUT2D eigenvalue weighted by Crippen LogP contribution is 2.23. The first kappa shape index (κ1) is 7.78. The first-order valence-electron chi connectivity index (χ1n) is 2.94. The summed E-state index contributed by atoms with van der Waals surface area (Å²) in [6, 6.07) is 2.52. The van der Waals surface area contributed by atoms with Crippen molar-refractivity contribution < 1.29 is 13.5 Å². The molecule has 4 heteroatoms. The average molecular weight is 159 g/mol. The molecule has 2 nitrogen and oxygen atoms in total. The second-order valence-electron chi connectivity index (χ2n) is 1.99. The van der Waals surface area contributed by atoms with Crippen molar-refractivity contribution in [1.82, 2.24) is 0 Å². The third-order valence-electron chi connectivity index (χ3n) is 1.30. The lowest BCUT2D eigenvalue weighted by molar-refractivity contribution is 0.372. The van der Waals surface area contributed by atoms with Gasteiger partial charge in [-0.2, -0.15) is 4.39 Å². The van der Waals surface area contributed by atoms with Crippen molar-refractivity contribution in [3.05, 3.63) is 23.8 Å². The summed E-state index contributed by atoms with van der Waals surface area (Å²) in [6.45, 7) is 0. The maximum absolute atomic E-state index is 12.7. The van der Waals surface area contributed by atoms with E-state index < -0.39 is 11.6 Å². The predicted molar refractivity (Wildman–Crippen MR) is 37.3 cm³/mol. The SMILES string of the molecule is COc1ccc(N)c(F)c1F. The third-order valence-corrected chi connectivity index (χ3v) is 1.30. The number of halogens is 2. The van der Waals surface area contributed by atoms with Crippen LogP contribution in [0.25, 0.3) is 0 Å². The zero-order valence-corrected chi connectivity index (χ0v) is 5.90. The fraction of sp³-hybridized carbons (Fsp3) is 0.143. The third kappa shape index (κ3) is 1.24. The molecule has 1 rings (SSSR count). The molecule has 0 saturated heterocycles. The Morgan fingerprint density at radius 1 is 1.27 bits per heavy atom. The Kier molecular flexibility index (Phi) is 1.94. The monoisotopic (exact) mass is 159 g/mol. The Morgan fingerprint density at radius 2 is 1.91 bits per heavy atom. The van der Waals surface area contributed by atoms with E-state index in [9.17, 15) is 8.78 Å². The molecule has 0 amide bonds. The van der Waals surface area contributed by atoms with E-state index in [-0.39, 0.29) is 11.4 Å². The van der Waals surface area contributed by atoms with Gasteiger partial charge in [0, 0.05) is 0 Å². The molecule has 0 aliphatic heterocycles. The fourth-order valence-electron chi connectivity index (χ4n) is 0.704. The molecule has 1 aromatic rings. The number of nitrogens with two attached hydrogens (primary N) is 1. The van der Waals surface area contributed by atoms with E-state index >= 15 is 0 Å².